The fourth-order valence-corrected chi connectivity index (χ4v) is 0.772. The van der Waals surface area contributed by atoms with Crippen LogP contribution in [0.1, 0.15) is 0 Å². The van der Waals surface area contributed by atoms with Gasteiger partial charge in [-0.3, -0.25) is 14.9 Å². The molecule has 0 unspecified atom stereocenters. The highest BCUT2D eigenvalue weighted by Crippen LogP contribution is 2.00. The maximum atomic E-state index is 11.0. The Morgan fingerprint density at radius 2 is 2.23 bits per heavy atom. The number of aromatic nitrogens is 1. The highest BCUT2D eigenvalue weighted by molar-refractivity contribution is 5.68. The summed E-state index contributed by atoms with van der Waals surface area (Å²) in [5.74, 6) is 0. The van der Waals surface area contributed by atoms with Crippen LogP contribution in [-0.2, 0) is 0 Å². The second-order valence-corrected chi connectivity index (χ2v) is 2.11. The molecule has 1 aromatic rings. The minimum absolute atomic E-state index is 0.248. The molecule has 0 spiro atoms. The summed E-state index contributed by atoms with van der Waals surface area (Å²) >= 11 is 0. The largest absolute Gasteiger partial charge is 0.464 e. The van der Waals surface area contributed by atoms with E-state index >= 15 is 0 Å². The zero-order valence-corrected chi connectivity index (χ0v) is 6.21. The molecule has 0 aliphatic heterocycles. The highest BCUT2D eigenvalue weighted by atomic mass is 16.6. The van der Waals surface area contributed by atoms with Gasteiger partial charge in [0.05, 0.1) is 4.92 Å². The van der Waals surface area contributed by atoms with Crippen molar-refractivity contribution in [2.24, 2.45) is 0 Å². The van der Waals surface area contributed by atoms with Crippen LogP contribution in [0.3, 0.4) is 0 Å². The van der Waals surface area contributed by atoms with Gasteiger partial charge in [-0.1, -0.05) is 0 Å². The lowest BCUT2D eigenvalue weighted by Gasteiger charge is -1.96. The van der Waals surface area contributed by atoms with Crippen LogP contribution in [0, 0.1) is 10.1 Å². The maximum Gasteiger partial charge on any atom is 0.418 e. The molecule has 0 saturated heterocycles. The van der Waals surface area contributed by atoms with Crippen LogP contribution in [0.15, 0.2) is 23.1 Å². The van der Waals surface area contributed by atoms with Gasteiger partial charge < -0.3 is 5.11 Å². The molecular formula is C6H4N2O5. The van der Waals surface area contributed by atoms with E-state index in [1.165, 1.54) is 0 Å². The summed E-state index contributed by atoms with van der Waals surface area (Å²) in [5.41, 5.74) is -1.91. The Balaban J connectivity index is 3.44. The summed E-state index contributed by atoms with van der Waals surface area (Å²) in [4.78, 5) is 30.6. The molecule has 0 radical (unpaired) electrons. The fraction of sp³-hybridized carbons (Fsp3) is 0. The number of rotatable bonds is 1. The number of hydrogen-bond acceptors (Lipinski definition) is 4. The third-order valence-electron chi connectivity index (χ3n) is 1.33. The van der Waals surface area contributed by atoms with Gasteiger partial charge in [-0.05, 0) is 6.07 Å². The Labute approximate surface area is 71.0 Å². The van der Waals surface area contributed by atoms with E-state index in [0.29, 0.717) is 0 Å². The van der Waals surface area contributed by atoms with Gasteiger partial charge in [0.2, 0.25) is 0 Å². The quantitative estimate of drug-likeness (QED) is 0.498. The zero-order valence-electron chi connectivity index (χ0n) is 6.21. The van der Waals surface area contributed by atoms with Crippen LogP contribution in [0.4, 0.5) is 10.5 Å². The molecule has 1 rings (SSSR count). The standard InChI is InChI=1S/C6H4N2O5/c9-5-4(8(12)13)2-1-3-7(5)6(10)11/h1-3H,(H,10,11). The molecule has 0 atom stereocenters. The van der Waals surface area contributed by atoms with Crippen LogP contribution in [-0.4, -0.2) is 20.7 Å². The molecule has 0 bridgehead atoms. The summed E-state index contributed by atoms with van der Waals surface area (Å²) in [5, 5.41) is 18.6. The number of carbonyl (C=O) groups is 1. The molecule has 1 N–H and O–H groups in total. The highest BCUT2D eigenvalue weighted by Gasteiger charge is 2.15. The van der Waals surface area contributed by atoms with Crippen LogP contribution >= 0.6 is 0 Å². The zero-order chi connectivity index (χ0) is 10.0. The Morgan fingerprint density at radius 3 is 2.69 bits per heavy atom. The third kappa shape index (κ3) is 1.53. The third-order valence-corrected chi connectivity index (χ3v) is 1.33. The Bertz CT molecular complexity index is 386. The molecule has 1 heterocycles. The van der Waals surface area contributed by atoms with E-state index in [1.807, 2.05) is 0 Å². The topological polar surface area (TPSA) is 102 Å². The minimum atomic E-state index is -1.55. The molecule has 1 aromatic heterocycles. The van der Waals surface area contributed by atoms with E-state index in [1.54, 1.807) is 0 Å². The van der Waals surface area contributed by atoms with Crippen LogP contribution < -0.4 is 5.56 Å². The van der Waals surface area contributed by atoms with Crippen LogP contribution in [0.25, 0.3) is 0 Å². The SMILES string of the molecule is O=C(O)n1cccc([N+](=O)[O-])c1=O. The van der Waals surface area contributed by atoms with Crippen molar-refractivity contribution in [1.29, 1.82) is 0 Å². The van der Waals surface area contributed by atoms with Gasteiger partial charge in [-0.25, -0.2) is 9.36 Å². The molecule has 0 fully saturated rings. The predicted octanol–water partition coefficient (Wildman–Crippen LogP) is 0.283. The molecule has 0 aliphatic carbocycles. The van der Waals surface area contributed by atoms with Crippen molar-refractivity contribution < 1.29 is 14.8 Å². The normalized spacial score (nSPS) is 9.54. The first kappa shape index (κ1) is 8.91. The summed E-state index contributed by atoms with van der Waals surface area (Å²) < 4.78 is 0.248. The van der Waals surface area contributed by atoms with Crippen molar-refractivity contribution in [1.82, 2.24) is 4.57 Å². The van der Waals surface area contributed by atoms with E-state index in [4.69, 9.17) is 5.11 Å². The summed E-state index contributed by atoms with van der Waals surface area (Å²) in [6.45, 7) is 0. The lowest BCUT2D eigenvalue weighted by Crippen LogP contribution is -2.26. The smallest absolute Gasteiger partial charge is 0.418 e. The van der Waals surface area contributed by atoms with Gasteiger partial charge >= 0.3 is 17.3 Å². The lowest BCUT2D eigenvalue weighted by atomic mass is 10.4. The van der Waals surface area contributed by atoms with Gasteiger partial charge in [0.1, 0.15) is 0 Å². The van der Waals surface area contributed by atoms with Crippen molar-refractivity contribution in [2.45, 2.75) is 0 Å². The first-order valence-electron chi connectivity index (χ1n) is 3.13. The van der Waals surface area contributed by atoms with Crippen molar-refractivity contribution in [3.63, 3.8) is 0 Å². The van der Waals surface area contributed by atoms with Crippen molar-refractivity contribution >= 4 is 11.8 Å². The van der Waals surface area contributed by atoms with E-state index in [2.05, 4.69) is 0 Å². The second-order valence-electron chi connectivity index (χ2n) is 2.11. The van der Waals surface area contributed by atoms with Crippen LogP contribution in [0.2, 0.25) is 0 Å². The number of pyridine rings is 1. The number of nitro groups is 1. The van der Waals surface area contributed by atoms with E-state index < -0.39 is 22.3 Å². The number of nitrogens with zero attached hydrogens (tertiary/aromatic N) is 2. The first-order chi connectivity index (χ1) is 6.04. The van der Waals surface area contributed by atoms with Gasteiger partial charge in [0, 0.05) is 12.3 Å². The molecule has 0 saturated carbocycles. The molecule has 7 heteroatoms. The monoisotopic (exact) mass is 184 g/mol. The number of carboxylic acid groups (broad SMARTS) is 1. The van der Waals surface area contributed by atoms with E-state index in [-0.39, 0.29) is 4.57 Å². The average molecular weight is 184 g/mol. The fourth-order valence-electron chi connectivity index (χ4n) is 0.772. The predicted molar refractivity (Wildman–Crippen MR) is 40.8 cm³/mol. The summed E-state index contributed by atoms with van der Waals surface area (Å²) in [6.07, 6.45) is -0.605. The lowest BCUT2D eigenvalue weighted by molar-refractivity contribution is -0.386. The van der Waals surface area contributed by atoms with Gasteiger partial charge in [0.25, 0.3) is 0 Å². The molecular weight excluding hydrogens is 180 g/mol. The summed E-state index contributed by atoms with van der Waals surface area (Å²) in [7, 11) is 0. The summed E-state index contributed by atoms with van der Waals surface area (Å²) in [6, 6.07) is 2.06. The van der Waals surface area contributed by atoms with Crippen molar-refractivity contribution in [2.75, 3.05) is 0 Å². The van der Waals surface area contributed by atoms with Crippen molar-refractivity contribution in [3.05, 3.63) is 38.8 Å². The van der Waals surface area contributed by atoms with E-state index in [0.717, 1.165) is 18.3 Å². The van der Waals surface area contributed by atoms with Gasteiger partial charge in [-0.15, -0.1) is 0 Å². The maximum absolute atomic E-state index is 11.0. The first-order valence-corrected chi connectivity index (χ1v) is 3.13. The number of hydrogen-bond donors (Lipinski definition) is 1. The molecule has 13 heavy (non-hydrogen) atoms. The Morgan fingerprint density at radius 1 is 1.62 bits per heavy atom. The Hall–Kier alpha value is -2.18. The minimum Gasteiger partial charge on any atom is -0.464 e. The molecule has 68 valence electrons. The molecule has 0 aromatic carbocycles. The Kier molecular flexibility index (Phi) is 2.09. The van der Waals surface area contributed by atoms with Gasteiger partial charge in [-0.2, -0.15) is 0 Å². The van der Waals surface area contributed by atoms with Crippen molar-refractivity contribution in [3.8, 4) is 0 Å². The van der Waals surface area contributed by atoms with Gasteiger partial charge in [0.15, 0.2) is 0 Å². The molecule has 0 amide bonds. The van der Waals surface area contributed by atoms with Crippen LogP contribution in [0.5, 0.6) is 0 Å². The molecule has 7 nitrogen and oxygen atoms in total. The molecule has 0 aliphatic rings. The second kappa shape index (κ2) is 3.05. The van der Waals surface area contributed by atoms with E-state index in [9.17, 15) is 19.7 Å². The average Bonchev–Trinajstić information content (AvgIpc) is 2.03.